The van der Waals surface area contributed by atoms with Crippen molar-refractivity contribution in [2.24, 2.45) is 5.10 Å². The van der Waals surface area contributed by atoms with Crippen LogP contribution in [0.25, 0.3) is 0 Å². The molecule has 3 heteroatoms. The monoisotopic (exact) mass is 184 g/mol. The van der Waals surface area contributed by atoms with E-state index in [0.29, 0.717) is 5.04 Å². The summed E-state index contributed by atoms with van der Waals surface area (Å²) in [4.78, 5) is 0. The van der Waals surface area contributed by atoms with Crippen molar-refractivity contribution in [3.05, 3.63) is 0 Å². The lowest BCUT2D eigenvalue weighted by Crippen LogP contribution is -2.51. The summed E-state index contributed by atoms with van der Waals surface area (Å²) in [5, 5.41) is 4.86. The lowest BCUT2D eigenvalue weighted by molar-refractivity contribution is 0.456. The minimum Gasteiger partial charge on any atom is -0.324 e. The zero-order chi connectivity index (χ0) is 9.41. The molecule has 0 spiro atoms. The topological polar surface area (TPSA) is 15.6 Å². The van der Waals surface area contributed by atoms with Crippen LogP contribution in [0.2, 0.25) is 18.1 Å². The maximum atomic E-state index is 4.44. The summed E-state index contributed by atoms with van der Waals surface area (Å²) >= 11 is 0. The van der Waals surface area contributed by atoms with Gasteiger partial charge in [0.1, 0.15) is 0 Å². The van der Waals surface area contributed by atoms with E-state index in [1.807, 2.05) is 6.21 Å². The molecule has 2 nitrogen and oxygen atoms in total. The highest BCUT2D eigenvalue weighted by atomic mass is 28.3. The van der Waals surface area contributed by atoms with E-state index in [4.69, 9.17) is 0 Å². The Hall–Kier alpha value is -0.313. The molecule has 0 unspecified atom stereocenters. The molecular weight excluding hydrogens is 164 g/mol. The fourth-order valence-corrected chi connectivity index (χ4v) is 3.04. The lowest BCUT2D eigenvalue weighted by atomic mass is 10.2. The third-order valence-corrected chi connectivity index (χ3v) is 8.47. The molecule has 0 saturated heterocycles. The average molecular weight is 184 g/mol. The first kappa shape index (κ1) is 9.77. The van der Waals surface area contributed by atoms with E-state index in [1.54, 1.807) is 0 Å². The minimum atomic E-state index is -1.34. The summed E-state index contributed by atoms with van der Waals surface area (Å²) in [7, 11) is -1.34. The van der Waals surface area contributed by atoms with Crippen LogP contribution < -0.4 is 0 Å². The molecule has 12 heavy (non-hydrogen) atoms. The van der Waals surface area contributed by atoms with Crippen LogP contribution in [0.1, 0.15) is 27.2 Å². The van der Waals surface area contributed by atoms with E-state index in [1.165, 1.54) is 0 Å². The summed E-state index contributed by atoms with van der Waals surface area (Å²) < 4.78 is 2.34. The minimum absolute atomic E-state index is 0.411. The maximum absolute atomic E-state index is 4.44. The van der Waals surface area contributed by atoms with Gasteiger partial charge in [-0.05, 0) is 18.1 Å². The zero-order valence-electron chi connectivity index (χ0n) is 8.89. The Balaban J connectivity index is 2.77. The van der Waals surface area contributed by atoms with E-state index in [2.05, 4.69) is 43.6 Å². The highest BCUT2D eigenvalue weighted by Gasteiger charge is 2.41. The number of hydrogen-bond donors (Lipinski definition) is 0. The SMILES string of the molecule is CC(C)(C)[Si](C)(C)N1CCC=N1. The quantitative estimate of drug-likeness (QED) is 0.572. The molecule has 1 aliphatic heterocycles. The van der Waals surface area contributed by atoms with Gasteiger partial charge in [0, 0.05) is 19.2 Å². The molecule has 1 heterocycles. The molecule has 0 radical (unpaired) electrons. The first-order valence-electron chi connectivity index (χ1n) is 4.66. The lowest BCUT2D eigenvalue weighted by Gasteiger charge is -2.42. The van der Waals surface area contributed by atoms with Gasteiger partial charge in [0.15, 0.2) is 8.24 Å². The highest BCUT2D eigenvalue weighted by Crippen LogP contribution is 2.38. The van der Waals surface area contributed by atoms with Gasteiger partial charge in [0.05, 0.1) is 0 Å². The Labute approximate surface area is 76.7 Å². The Morgan fingerprint density at radius 2 is 1.92 bits per heavy atom. The zero-order valence-corrected chi connectivity index (χ0v) is 9.89. The predicted octanol–water partition coefficient (Wildman–Crippen LogP) is 2.68. The van der Waals surface area contributed by atoms with Gasteiger partial charge in [0.2, 0.25) is 0 Å². The van der Waals surface area contributed by atoms with Gasteiger partial charge in [-0.1, -0.05) is 20.8 Å². The fourth-order valence-electron chi connectivity index (χ4n) is 1.21. The number of hydrogen-bond acceptors (Lipinski definition) is 2. The summed E-state index contributed by atoms with van der Waals surface area (Å²) in [6, 6.07) is 0. The second kappa shape index (κ2) is 2.87. The van der Waals surface area contributed by atoms with Crippen LogP contribution in [-0.4, -0.2) is 25.7 Å². The van der Waals surface area contributed by atoms with Crippen LogP contribution in [0.5, 0.6) is 0 Å². The molecule has 70 valence electrons. The molecule has 0 atom stereocenters. The van der Waals surface area contributed by atoms with E-state index in [-0.39, 0.29) is 0 Å². The second-order valence-electron chi connectivity index (χ2n) is 5.02. The number of nitrogens with zero attached hydrogens (tertiary/aromatic N) is 2. The molecule has 0 aliphatic carbocycles. The van der Waals surface area contributed by atoms with E-state index >= 15 is 0 Å². The van der Waals surface area contributed by atoms with E-state index in [9.17, 15) is 0 Å². The van der Waals surface area contributed by atoms with Gasteiger partial charge in [-0.2, -0.15) is 5.10 Å². The molecule has 0 N–H and O–H groups in total. The van der Waals surface area contributed by atoms with Gasteiger partial charge in [-0.15, -0.1) is 0 Å². The Bertz CT molecular complexity index is 191. The summed E-state index contributed by atoms with van der Waals surface area (Å²) in [6.45, 7) is 12.9. The highest BCUT2D eigenvalue weighted by molar-refractivity contribution is 6.77. The summed E-state index contributed by atoms with van der Waals surface area (Å²) in [5.41, 5.74) is 0. The van der Waals surface area contributed by atoms with Crippen LogP contribution in [0.4, 0.5) is 0 Å². The largest absolute Gasteiger partial charge is 0.324 e. The van der Waals surface area contributed by atoms with Gasteiger partial charge < -0.3 is 4.67 Å². The normalized spacial score (nSPS) is 18.9. The van der Waals surface area contributed by atoms with Crippen LogP contribution in [0.15, 0.2) is 5.10 Å². The number of rotatable bonds is 1. The average Bonchev–Trinajstić information content (AvgIpc) is 2.34. The molecule has 0 aromatic rings. The third-order valence-electron chi connectivity index (χ3n) is 3.17. The molecule has 0 amide bonds. The standard InChI is InChI=1S/C9H20N2Si/c1-9(2,3)12(4,5)11-8-6-7-10-11/h7H,6,8H2,1-5H3. The molecule has 0 aromatic carbocycles. The Morgan fingerprint density at radius 1 is 1.33 bits per heavy atom. The van der Waals surface area contributed by atoms with Crippen molar-refractivity contribution < 1.29 is 0 Å². The van der Waals surface area contributed by atoms with Crippen LogP contribution in [0.3, 0.4) is 0 Å². The number of hydrazone groups is 1. The van der Waals surface area contributed by atoms with Crippen LogP contribution >= 0.6 is 0 Å². The van der Waals surface area contributed by atoms with Crippen LogP contribution in [0, 0.1) is 0 Å². The van der Waals surface area contributed by atoms with Crippen molar-refractivity contribution in [3.8, 4) is 0 Å². The van der Waals surface area contributed by atoms with Crippen LogP contribution in [-0.2, 0) is 0 Å². The van der Waals surface area contributed by atoms with Crippen molar-refractivity contribution in [2.45, 2.75) is 45.3 Å². The van der Waals surface area contributed by atoms with Gasteiger partial charge in [-0.25, -0.2) is 0 Å². The summed E-state index contributed by atoms with van der Waals surface area (Å²) in [5.74, 6) is 0. The first-order chi connectivity index (χ1) is 5.36. The van der Waals surface area contributed by atoms with E-state index in [0.717, 1.165) is 13.0 Å². The van der Waals surface area contributed by atoms with Crippen molar-refractivity contribution in [3.63, 3.8) is 0 Å². The third kappa shape index (κ3) is 1.55. The molecule has 1 rings (SSSR count). The molecule has 0 fully saturated rings. The van der Waals surface area contributed by atoms with Gasteiger partial charge in [0.25, 0.3) is 0 Å². The second-order valence-corrected chi connectivity index (χ2v) is 10.2. The predicted molar refractivity (Wildman–Crippen MR) is 57.0 cm³/mol. The Morgan fingerprint density at radius 3 is 2.25 bits per heavy atom. The fraction of sp³-hybridized carbons (Fsp3) is 0.889. The van der Waals surface area contributed by atoms with Crippen molar-refractivity contribution >= 4 is 14.5 Å². The first-order valence-corrected chi connectivity index (χ1v) is 7.60. The maximum Gasteiger partial charge on any atom is 0.177 e. The van der Waals surface area contributed by atoms with Gasteiger partial charge in [-0.3, -0.25) is 0 Å². The molecular formula is C9H20N2Si. The van der Waals surface area contributed by atoms with Crippen molar-refractivity contribution in [2.75, 3.05) is 6.54 Å². The van der Waals surface area contributed by atoms with Gasteiger partial charge >= 0.3 is 0 Å². The molecule has 0 bridgehead atoms. The smallest absolute Gasteiger partial charge is 0.177 e. The van der Waals surface area contributed by atoms with Crippen molar-refractivity contribution in [1.82, 2.24) is 4.67 Å². The summed E-state index contributed by atoms with van der Waals surface area (Å²) in [6.07, 6.45) is 3.17. The van der Waals surface area contributed by atoms with Crippen molar-refractivity contribution in [1.29, 1.82) is 0 Å². The molecule has 0 saturated carbocycles. The Kier molecular flexibility index (Phi) is 2.34. The van der Waals surface area contributed by atoms with E-state index < -0.39 is 8.24 Å². The molecule has 1 aliphatic rings. The molecule has 0 aromatic heterocycles.